The van der Waals surface area contributed by atoms with E-state index < -0.39 is 23.2 Å². The van der Waals surface area contributed by atoms with Crippen LogP contribution in [0.2, 0.25) is 0 Å². The number of allylic oxidation sites excluding steroid dienone is 8. The standard InChI is InChI=1S/2C9H13.2ClH.Zr/c2*1-3-8(2)9-6-4-5-7-9;;;/h2*4,6,8H,3,5H2,1-2H3;2*1H;/q;;;;+2/p-2. The van der Waals surface area contributed by atoms with Crippen molar-refractivity contribution in [3.63, 3.8) is 0 Å². The summed E-state index contributed by atoms with van der Waals surface area (Å²) >= 11 is -0.516. The molecular weight excluding hydrogens is 378 g/mol. The molecule has 2 aliphatic carbocycles. The van der Waals surface area contributed by atoms with Crippen LogP contribution in [0.3, 0.4) is 0 Å². The van der Waals surface area contributed by atoms with Crippen molar-refractivity contribution in [3.8, 4) is 0 Å². The van der Waals surface area contributed by atoms with Crippen LogP contribution in [-0.2, 0) is 23.2 Å². The van der Waals surface area contributed by atoms with Crippen LogP contribution < -0.4 is 24.8 Å². The van der Waals surface area contributed by atoms with Crippen LogP contribution in [0.5, 0.6) is 0 Å². The minimum atomic E-state index is -0.516. The minimum absolute atomic E-state index is 0. The molecule has 0 saturated heterocycles. The maximum Gasteiger partial charge on any atom is -1.00 e. The van der Waals surface area contributed by atoms with Gasteiger partial charge in [-0.25, -0.2) is 0 Å². The van der Waals surface area contributed by atoms with Crippen molar-refractivity contribution in [1.82, 2.24) is 0 Å². The van der Waals surface area contributed by atoms with Gasteiger partial charge in [-0.3, -0.25) is 0 Å². The fourth-order valence-corrected chi connectivity index (χ4v) is 7.14. The van der Waals surface area contributed by atoms with E-state index in [-0.39, 0.29) is 24.8 Å². The third kappa shape index (κ3) is 5.23. The van der Waals surface area contributed by atoms with Crippen LogP contribution in [0.4, 0.5) is 0 Å². The van der Waals surface area contributed by atoms with Crippen molar-refractivity contribution in [3.05, 3.63) is 42.0 Å². The molecule has 0 radical (unpaired) electrons. The Bertz CT molecular complexity index is 416. The summed E-state index contributed by atoms with van der Waals surface area (Å²) in [5.41, 5.74) is 3.38. The molecular formula is C18H26Cl2Zr. The predicted molar refractivity (Wildman–Crippen MR) is 80.5 cm³/mol. The predicted octanol–water partition coefficient (Wildman–Crippen LogP) is -0.403. The molecule has 0 amide bonds. The van der Waals surface area contributed by atoms with Crippen LogP contribution in [0.1, 0.15) is 53.4 Å². The van der Waals surface area contributed by atoms with Crippen LogP contribution in [-0.4, -0.2) is 0 Å². The van der Waals surface area contributed by atoms with Gasteiger partial charge in [0.2, 0.25) is 0 Å². The van der Waals surface area contributed by atoms with Gasteiger partial charge in [-0.1, -0.05) is 0 Å². The third-order valence-electron chi connectivity index (χ3n) is 4.52. The summed E-state index contributed by atoms with van der Waals surface area (Å²) in [6.07, 6.45) is 14.7. The second-order valence-corrected chi connectivity index (χ2v) is 9.41. The average Bonchev–Trinajstić information content (AvgIpc) is 3.06. The van der Waals surface area contributed by atoms with Crippen molar-refractivity contribution in [2.45, 2.75) is 53.4 Å². The van der Waals surface area contributed by atoms with E-state index in [2.05, 4.69) is 52.0 Å². The molecule has 0 aromatic carbocycles. The van der Waals surface area contributed by atoms with Gasteiger partial charge < -0.3 is 24.8 Å². The van der Waals surface area contributed by atoms with E-state index >= 15 is 0 Å². The van der Waals surface area contributed by atoms with Crippen LogP contribution >= 0.6 is 0 Å². The Kier molecular flexibility index (Phi) is 10.5. The Morgan fingerprint density at radius 2 is 1.24 bits per heavy atom. The monoisotopic (exact) mass is 402 g/mol. The fourth-order valence-electron chi connectivity index (χ4n) is 2.84. The van der Waals surface area contributed by atoms with Crippen LogP contribution in [0.15, 0.2) is 42.0 Å². The molecule has 0 N–H and O–H groups in total. The zero-order valence-corrected chi connectivity index (χ0v) is 17.5. The molecule has 116 valence electrons. The SMILES string of the molecule is CCC(C)C1=[C]([Zr+2][C]2=C(C(C)CC)C=CC2)CC=C1.[Cl-].[Cl-]. The molecule has 0 saturated carbocycles. The minimum Gasteiger partial charge on any atom is -1.00 e. The summed E-state index contributed by atoms with van der Waals surface area (Å²) in [6, 6.07) is 0. The molecule has 0 bridgehead atoms. The molecule has 0 heterocycles. The smallest absolute Gasteiger partial charge is 1.00 e. The van der Waals surface area contributed by atoms with E-state index in [1.54, 1.807) is 11.1 Å². The quantitative estimate of drug-likeness (QED) is 0.565. The fraction of sp³-hybridized carbons (Fsp3) is 0.556. The maximum atomic E-state index is 2.41. The van der Waals surface area contributed by atoms with Gasteiger partial charge in [-0.15, -0.1) is 0 Å². The zero-order valence-electron chi connectivity index (χ0n) is 13.5. The third-order valence-corrected chi connectivity index (χ3v) is 8.43. The summed E-state index contributed by atoms with van der Waals surface area (Å²) in [5, 5.41) is 0. The summed E-state index contributed by atoms with van der Waals surface area (Å²) in [4.78, 5) is 0. The topological polar surface area (TPSA) is 0 Å². The molecule has 2 atom stereocenters. The first-order valence-electron chi connectivity index (χ1n) is 7.73. The van der Waals surface area contributed by atoms with Gasteiger partial charge in [0.1, 0.15) is 0 Å². The van der Waals surface area contributed by atoms with E-state index in [1.807, 2.05) is 6.56 Å². The molecule has 0 aromatic heterocycles. The van der Waals surface area contributed by atoms with Crippen LogP contribution in [0.25, 0.3) is 0 Å². The summed E-state index contributed by atoms with van der Waals surface area (Å²) < 4.78 is 3.69. The Balaban J connectivity index is 0.00000200. The molecule has 0 aromatic rings. The van der Waals surface area contributed by atoms with Crippen molar-refractivity contribution in [1.29, 1.82) is 0 Å². The van der Waals surface area contributed by atoms with Crippen LogP contribution in [0, 0.1) is 11.8 Å². The molecule has 2 rings (SSSR count). The van der Waals surface area contributed by atoms with Crippen molar-refractivity contribution in [2.75, 3.05) is 0 Å². The van der Waals surface area contributed by atoms with E-state index in [4.69, 9.17) is 0 Å². The normalized spacial score (nSPS) is 19.2. The number of hydrogen-bond acceptors (Lipinski definition) is 0. The number of rotatable bonds is 6. The Morgan fingerprint density at radius 3 is 1.57 bits per heavy atom. The largest absolute Gasteiger partial charge is 1.00 e. The summed E-state index contributed by atoms with van der Waals surface area (Å²) in [5.74, 6) is 1.52. The number of hydrogen-bond donors (Lipinski definition) is 0. The molecule has 2 aliphatic rings. The molecule has 2 unspecified atom stereocenters. The Morgan fingerprint density at radius 1 is 0.857 bits per heavy atom. The van der Waals surface area contributed by atoms with Crippen molar-refractivity contribution in [2.24, 2.45) is 11.8 Å². The van der Waals surface area contributed by atoms with Gasteiger partial charge in [-0.05, 0) is 0 Å². The van der Waals surface area contributed by atoms with Gasteiger partial charge in [0.25, 0.3) is 0 Å². The van der Waals surface area contributed by atoms with Gasteiger partial charge in [0.05, 0.1) is 0 Å². The van der Waals surface area contributed by atoms with Gasteiger partial charge in [-0.2, -0.15) is 0 Å². The molecule has 0 nitrogen and oxygen atoms in total. The summed E-state index contributed by atoms with van der Waals surface area (Å²) in [7, 11) is 0. The second kappa shape index (κ2) is 10.2. The average molecular weight is 405 g/mol. The van der Waals surface area contributed by atoms with E-state index in [9.17, 15) is 0 Å². The van der Waals surface area contributed by atoms with E-state index in [0.29, 0.717) is 0 Å². The second-order valence-electron chi connectivity index (χ2n) is 5.82. The molecule has 3 heteroatoms. The van der Waals surface area contributed by atoms with Crippen molar-refractivity contribution >= 4 is 0 Å². The molecule has 21 heavy (non-hydrogen) atoms. The first-order valence-corrected chi connectivity index (χ1v) is 10.2. The summed E-state index contributed by atoms with van der Waals surface area (Å²) in [6.45, 7) is 9.41. The first kappa shape index (κ1) is 21.4. The van der Waals surface area contributed by atoms with Gasteiger partial charge in [0, 0.05) is 0 Å². The molecule has 0 fully saturated rings. The molecule has 0 spiro atoms. The maximum absolute atomic E-state index is 2.41. The van der Waals surface area contributed by atoms with Gasteiger partial charge >= 0.3 is 130 Å². The van der Waals surface area contributed by atoms with E-state index in [1.165, 1.54) is 25.7 Å². The number of halogens is 2. The zero-order chi connectivity index (χ0) is 13.8. The Hall–Kier alpha value is 0.423. The van der Waals surface area contributed by atoms with Crippen molar-refractivity contribution < 1.29 is 48.0 Å². The van der Waals surface area contributed by atoms with Gasteiger partial charge in [0.15, 0.2) is 0 Å². The first-order chi connectivity index (χ1) is 9.17. The molecule has 0 aliphatic heterocycles. The van der Waals surface area contributed by atoms with E-state index in [0.717, 1.165) is 11.8 Å². The Labute approximate surface area is 154 Å².